The van der Waals surface area contributed by atoms with E-state index in [2.05, 4.69) is 26.3 Å². The molecule has 1 amide bonds. The van der Waals surface area contributed by atoms with E-state index in [0.29, 0.717) is 49.3 Å². The molecule has 6 nitrogen and oxygen atoms in total. The van der Waals surface area contributed by atoms with Gasteiger partial charge in [0.05, 0.1) is 17.7 Å². The summed E-state index contributed by atoms with van der Waals surface area (Å²) in [7, 11) is 0. The fraction of sp³-hybridized carbons (Fsp3) is 0.480. The van der Waals surface area contributed by atoms with E-state index in [1.807, 2.05) is 26.0 Å². The molecule has 0 radical (unpaired) electrons. The third-order valence-electron chi connectivity index (χ3n) is 6.55. The van der Waals surface area contributed by atoms with Crippen molar-refractivity contribution in [2.75, 3.05) is 6.61 Å². The number of benzene rings is 1. The Labute approximate surface area is 187 Å². The van der Waals surface area contributed by atoms with Crippen LogP contribution in [0.2, 0.25) is 0 Å². The Bertz CT molecular complexity index is 1150. The first-order valence-corrected chi connectivity index (χ1v) is 11.5. The average molecular weight is 437 g/mol. The number of amides is 1. The molecule has 2 aromatic heterocycles. The van der Waals surface area contributed by atoms with Gasteiger partial charge in [-0.3, -0.25) is 4.79 Å². The summed E-state index contributed by atoms with van der Waals surface area (Å²) >= 11 is 0. The molecule has 0 spiro atoms. The predicted molar refractivity (Wildman–Crippen MR) is 122 cm³/mol. The molecule has 2 N–H and O–H groups in total. The molecular formula is C25H29FN4O2. The lowest BCUT2D eigenvalue weighted by atomic mass is 9.94. The standard InChI is InChI=1S/C25H29FN4O2/c1-14-3-10-20(32-12-16-4-5-16)19(11-14)22-24-23(28-13-27-22)21(15(2)29-24)25(31)30-18-8-6-17(26)7-9-18/h3,10-11,13,16-18,29H,4-9,12H2,1-2H3,(H,30,31)/t17-,18-. The van der Waals surface area contributed by atoms with Gasteiger partial charge < -0.3 is 15.0 Å². The maximum Gasteiger partial charge on any atom is 0.255 e. The van der Waals surface area contributed by atoms with Crippen molar-refractivity contribution in [3.63, 3.8) is 0 Å². The van der Waals surface area contributed by atoms with Crippen molar-refractivity contribution in [1.82, 2.24) is 20.3 Å². The number of carbonyl (C=O) groups is 1. The molecule has 2 aliphatic carbocycles. The SMILES string of the molecule is Cc1ccc(OCC2CC2)c(-c2ncnc3c(C(=O)N[C@H]4CC[C@H](F)CC4)c(C)[nH]c23)c1. The summed E-state index contributed by atoms with van der Waals surface area (Å²) in [5.41, 5.74) is 5.32. The highest BCUT2D eigenvalue weighted by Gasteiger charge is 2.27. The zero-order chi connectivity index (χ0) is 22.2. The number of aryl methyl sites for hydroxylation is 2. The zero-order valence-electron chi connectivity index (χ0n) is 18.6. The summed E-state index contributed by atoms with van der Waals surface area (Å²) in [5, 5.41) is 3.08. The Hall–Kier alpha value is -2.96. The lowest BCUT2D eigenvalue weighted by Crippen LogP contribution is -2.38. The van der Waals surface area contributed by atoms with Gasteiger partial charge in [-0.2, -0.15) is 0 Å². The molecule has 0 saturated heterocycles. The normalized spacial score (nSPS) is 21.0. The molecule has 168 valence electrons. The first kappa shape index (κ1) is 20.9. The molecule has 0 unspecified atom stereocenters. The van der Waals surface area contributed by atoms with E-state index in [4.69, 9.17) is 4.74 Å². The molecule has 1 aromatic carbocycles. The molecule has 2 heterocycles. The summed E-state index contributed by atoms with van der Waals surface area (Å²) in [6, 6.07) is 6.09. The highest BCUT2D eigenvalue weighted by Crippen LogP contribution is 2.37. The van der Waals surface area contributed by atoms with E-state index in [-0.39, 0.29) is 11.9 Å². The molecule has 7 heteroatoms. The number of aromatic amines is 1. The van der Waals surface area contributed by atoms with Gasteiger partial charge in [0.15, 0.2) is 0 Å². The van der Waals surface area contributed by atoms with Crippen molar-refractivity contribution in [2.45, 2.75) is 64.6 Å². The van der Waals surface area contributed by atoms with Crippen molar-refractivity contribution in [3.05, 3.63) is 41.3 Å². The van der Waals surface area contributed by atoms with Crippen LogP contribution in [0.3, 0.4) is 0 Å². The molecule has 3 aromatic rings. The van der Waals surface area contributed by atoms with Gasteiger partial charge in [0, 0.05) is 17.3 Å². The van der Waals surface area contributed by atoms with Crippen LogP contribution in [0.25, 0.3) is 22.3 Å². The minimum atomic E-state index is -0.751. The van der Waals surface area contributed by atoms with Crippen LogP contribution in [-0.4, -0.2) is 39.7 Å². The van der Waals surface area contributed by atoms with E-state index < -0.39 is 6.17 Å². The van der Waals surface area contributed by atoms with Crippen LogP contribution in [0.1, 0.15) is 60.1 Å². The maximum absolute atomic E-state index is 13.5. The summed E-state index contributed by atoms with van der Waals surface area (Å²) in [6.45, 7) is 4.62. The Morgan fingerprint density at radius 3 is 2.69 bits per heavy atom. The van der Waals surface area contributed by atoms with E-state index >= 15 is 0 Å². The molecular weight excluding hydrogens is 407 g/mol. The van der Waals surface area contributed by atoms with Gasteiger partial charge in [-0.1, -0.05) is 11.6 Å². The van der Waals surface area contributed by atoms with Gasteiger partial charge in [0.2, 0.25) is 0 Å². The number of carbonyl (C=O) groups excluding carboxylic acids is 1. The van der Waals surface area contributed by atoms with Crippen molar-refractivity contribution in [3.8, 4) is 17.0 Å². The number of ether oxygens (including phenoxy) is 1. The number of halogens is 1. The van der Waals surface area contributed by atoms with Gasteiger partial charge in [0.1, 0.15) is 29.5 Å². The Morgan fingerprint density at radius 2 is 1.94 bits per heavy atom. The maximum atomic E-state index is 13.5. The quantitative estimate of drug-likeness (QED) is 0.567. The van der Waals surface area contributed by atoms with Gasteiger partial charge in [-0.05, 0) is 70.4 Å². The minimum absolute atomic E-state index is 0.000595. The second-order valence-corrected chi connectivity index (χ2v) is 9.25. The molecule has 0 bridgehead atoms. The van der Waals surface area contributed by atoms with Gasteiger partial charge in [-0.15, -0.1) is 0 Å². The van der Waals surface area contributed by atoms with Crippen LogP contribution >= 0.6 is 0 Å². The molecule has 32 heavy (non-hydrogen) atoms. The smallest absolute Gasteiger partial charge is 0.255 e. The van der Waals surface area contributed by atoms with Crippen molar-refractivity contribution in [2.24, 2.45) is 5.92 Å². The number of nitrogens with zero attached hydrogens (tertiary/aromatic N) is 2. The summed E-state index contributed by atoms with van der Waals surface area (Å²) in [6.07, 6.45) is 5.53. The molecule has 2 fully saturated rings. The number of alkyl halides is 1. The number of fused-ring (bicyclic) bond motifs is 1. The second kappa shape index (κ2) is 8.52. The number of H-pyrrole nitrogens is 1. The lowest BCUT2D eigenvalue weighted by Gasteiger charge is -2.25. The van der Waals surface area contributed by atoms with Crippen molar-refractivity contribution in [1.29, 1.82) is 0 Å². The minimum Gasteiger partial charge on any atom is -0.493 e. The third kappa shape index (κ3) is 4.20. The number of aromatic nitrogens is 3. The monoisotopic (exact) mass is 436 g/mol. The van der Waals surface area contributed by atoms with E-state index in [1.54, 1.807) is 0 Å². The molecule has 0 atom stereocenters. The highest BCUT2D eigenvalue weighted by atomic mass is 19.1. The summed E-state index contributed by atoms with van der Waals surface area (Å²) in [4.78, 5) is 25.5. The van der Waals surface area contributed by atoms with Crippen molar-refractivity contribution >= 4 is 16.9 Å². The lowest BCUT2D eigenvalue weighted by molar-refractivity contribution is 0.0917. The van der Waals surface area contributed by atoms with Gasteiger partial charge in [-0.25, -0.2) is 14.4 Å². The van der Waals surface area contributed by atoms with Crippen LogP contribution in [0.4, 0.5) is 4.39 Å². The molecule has 0 aliphatic heterocycles. The van der Waals surface area contributed by atoms with E-state index in [1.165, 1.54) is 19.2 Å². The number of hydrogen-bond acceptors (Lipinski definition) is 4. The Kier molecular flexibility index (Phi) is 5.57. The van der Waals surface area contributed by atoms with Crippen LogP contribution in [0.5, 0.6) is 5.75 Å². The second-order valence-electron chi connectivity index (χ2n) is 9.25. The van der Waals surface area contributed by atoms with Gasteiger partial charge in [0.25, 0.3) is 5.91 Å². The first-order chi connectivity index (χ1) is 15.5. The first-order valence-electron chi connectivity index (χ1n) is 11.5. The van der Waals surface area contributed by atoms with E-state index in [9.17, 15) is 9.18 Å². The fourth-order valence-corrected chi connectivity index (χ4v) is 4.50. The summed E-state index contributed by atoms with van der Waals surface area (Å²) in [5.74, 6) is 1.27. The predicted octanol–water partition coefficient (Wildman–Crippen LogP) is 5.04. The van der Waals surface area contributed by atoms with Gasteiger partial charge >= 0.3 is 0 Å². The van der Waals surface area contributed by atoms with Crippen LogP contribution < -0.4 is 10.1 Å². The van der Waals surface area contributed by atoms with E-state index in [0.717, 1.165) is 33.8 Å². The van der Waals surface area contributed by atoms with Crippen LogP contribution in [0.15, 0.2) is 24.5 Å². The third-order valence-corrected chi connectivity index (χ3v) is 6.55. The van der Waals surface area contributed by atoms with Crippen LogP contribution in [0, 0.1) is 19.8 Å². The Morgan fingerprint density at radius 1 is 1.16 bits per heavy atom. The average Bonchev–Trinajstić information content (AvgIpc) is 3.54. The molecule has 2 saturated carbocycles. The largest absolute Gasteiger partial charge is 0.493 e. The molecule has 5 rings (SSSR count). The molecule has 2 aliphatic rings. The highest BCUT2D eigenvalue weighted by molar-refractivity contribution is 6.09. The van der Waals surface area contributed by atoms with Crippen molar-refractivity contribution < 1.29 is 13.9 Å². The summed E-state index contributed by atoms with van der Waals surface area (Å²) < 4.78 is 19.6. The van der Waals surface area contributed by atoms with Crippen LogP contribution in [-0.2, 0) is 0 Å². The number of nitrogens with one attached hydrogen (secondary N) is 2. The topological polar surface area (TPSA) is 79.9 Å². The Balaban J connectivity index is 1.49. The number of rotatable bonds is 6. The fourth-order valence-electron chi connectivity index (χ4n) is 4.50. The zero-order valence-corrected chi connectivity index (χ0v) is 18.6. The number of hydrogen-bond donors (Lipinski definition) is 2.